The van der Waals surface area contributed by atoms with Crippen molar-refractivity contribution in [3.05, 3.63) is 59.7 Å². The molecule has 2 aromatic carbocycles. The summed E-state index contributed by atoms with van der Waals surface area (Å²) in [4.78, 5) is 16.7. The summed E-state index contributed by atoms with van der Waals surface area (Å²) in [7, 11) is 0. The summed E-state index contributed by atoms with van der Waals surface area (Å²) in [6.07, 6.45) is 2.16. The van der Waals surface area contributed by atoms with Crippen molar-refractivity contribution in [2.45, 2.75) is 37.9 Å². The zero-order valence-electron chi connectivity index (χ0n) is 16.0. The maximum absolute atomic E-state index is 12.0. The fraction of sp³-hybridized carbons (Fsp3) is 0.273. The van der Waals surface area contributed by atoms with Gasteiger partial charge in [0.1, 0.15) is 11.4 Å². The number of hydrogen-bond acceptors (Lipinski definition) is 5. The third kappa shape index (κ3) is 4.57. The summed E-state index contributed by atoms with van der Waals surface area (Å²) >= 11 is 1.32. The summed E-state index contributed by atoms with van der Waals surface area (Å²) in [5.74, 6) is 0.325. The average molecular weight is 391 g/mol. The summed E-state index contributed by atoms with van der Waals surface area (Å²) in [5, 5.41) is 12.2. The molecule has 3 aromatic rings. The Balaban J connectivity index is 1.64. The maximum Gasteiger partial charge on any atom is 0.230 e. The van der Waals surface area contributed by atoms with Crippen molar-refractivity contribution in [2.75, 3.05) is 5.75 Å². The zero-order chi connectivity index (χ0) is 19.5. The van der Waals surface area contributed by atoms with Crippen LogP contribution >= 0.6 is 11.8 Å². The molecule has 0 bridgehead atoms. The van der Waals surface area contributed by atoms with Crippen LogP contribution in [0.4, 0.5) is 0 Å². The molecule has 0 saturated heterocycles. The number of aromatic nitrogens is 3. The molecule has 1 amide bonds. The van der Waals surface area contributed by atoms with E-state index in [1.165, 1.54) is 22.9 Å². The molecular weight excluding hydrogens is 368 g/mol. The number of nitrogens with zero attached hydrogens (tertiary/aromatic N) is 3. The zero-order valence-corrected chi connectivity index (χ0v) is 16.8. The number of nitrogens with one attached hydrogen (secondary N) is 1. The second kappa shape index (κ2) is 8.10. The highest BCUT2D eigenvalue weighted by Crippen LogP contribution is 2.30. The largest absolute Gasteiger partial charge is 0.353 e. The van der Waals surface area contributed by atoms with Crippen molar-refractivity contribution in [3.8, 4) is 22.5 Å². The van der Waals surface area contributed by atoms with Gasteiger partial charge in [0.05, 0.1) is 5.75 Å². The first-order chi connectivity index (χ1) is 13.6. The topological polar surface area (TPSA) is 67.8 Å². The second-order valence-electron chi connectivity index (χ2n) is 7.15. The second-order valence-corrected chi connectivity index (χ2v) is 8.10. The van der Waals surface area contributed by atoms with E-state index in [0.29, 0.717) is 17.0 Å². The molecule has 0 spiro atoms. The van der Waals surface area contributed by atoms with Crippen LogP contribution in [0, 0.1) is 13.8 Å². The minimum absolute atomic E-state index is 0.0237. The number of carbonyl (C=O) groups excluding carboxylic acids is 1. The highest BCUT2D eigenvalue weighted by atomic mass is 32.2. The van der Waals surface area contributed by atoms with Crippen LogP contribution in [0.5, 0.6) is 0 Å². The Morgan fingerprint density at radius 1 is 0.929 bits per heavy atom. The molecule has 0 radical (unpaired) electrons. The number of aryl methyl sites for hydroxylation is 2. The van der Waals surface area contributed by atoms with Gasteiger partial charge in [0.25, 0.3) is 0 Å². The summed E-state index contributed by atoms with van der Waals surface area (Å²) in [6, 6.07) is 16.8. The van der Waals surface area contributed by atoms with E-state index in [-0.39, 0.29) is 5.91 Å². The molecule has 1 fully saturated rings. The monoisotopic (exact) mass is 390 g/mol. The minimum atomic E-state index is 0.0237. The van der Waals surface area contributed by atoms with Gasteiger partial charge < -0.3 is 5.32 Å². The van der Waals surface area contributed by atoms with Crippen molar-refractivity contribution in [1.29, 1.82) is 0 Å². The fourth-order valence-electron chi connectivity index (χ4n) is 2.82. The van der Waals surface area contributed by atoms with Crippen molar-refractivity contribution in [2.24, 2.45) is 0 Å². The van der Waals surface area contributed by atoms with Gasteiger partial charge in [-0.3, -0.25) is 4.79 Å². The van der Waals surface area contributed by atoms with Crippen molar-refractivity contribution < 1.29 is 4.79 Å². The smallest absolute Gasteiger partial charge is 0.230 e. The third-order valence-corrected chi connectivity index (χ3v) is 5.43. The van der Waals surface area contributed by atoms with Crippen LogP contribution < -0.4 is 5.32 Å². The van der Waals surface area contributed by atoms with E-state index in [1.807, 2.05) is 24.3 Å². The van der Waals surface area contributed by atoms with Gasteiger partial charge in [-0.1, -0.05) is 71.4 Å². The lowest BCUT2D eigenvalue weighted by molar-refractivity contribution is -0.118. The van der Waals surface area contributed by atoms with Gasteiger partial charge in [0.15, 0.2) is 0 Å². The van der Waals surface area contributed by atoms with E-state index in [2.05, 4.69) is 53.6 Å². The van der Waals surface area contributed by atoms with Crippen LogP contribution in [-0.2, 0) is 4.79 Å². The SMILES string of the molecule is Cc1ccc(-c2nnc(SCC(=O)NC3CC3)nc2-c2ccc(C)cc2)cc1. The van der Waals surface area contributed by atoms with E-state index in [1.54, 1.807) is 0 Å². The Bertz CT molecular complexity index is 982. The van der Waals surface area contributed by atoms with Crippen LogP contribution in [0.25, 0.3) is 22.5 Å². The lowest BCUT2D eigenvalue weighted by Gasteiger charge is -2.10. The van der Waals surface area contributed by atoms with Gasteiger partial charge in [-0.15, -0.1) is 10.2 Å². The molecule has 1 heterocycles. The molecular formula is C22H22N4OS. The Morgan fingerprint density at radius 2 is 1.50 bits per heavy atom. The Kier molecular flexibility index (Phi) is 5.39. The lowest BCUT2D eigenvalue weighted by Crippen LogP contribution is -2.27. The lowest BCUT2D eigenvalue weighted by atomic mass is 10.0. The van der Waals surface area contributed by atoms with E-state index in [4.69, 9.17) is 4.98 Å². The van der Waals surface area contributed by atoms with Crippen LogP contribution in [-0.4, -0.2) is 32.9 Å². The predicted octanol–water partition coefficient (Wildman–Crippen LogP) is 4.19. The van der Waals surface area contributed by atoms with Crippen molar-refractivity contribution in [3.63, 3.8) is 0 Å². The highest BCUT2D eigenvalue weighted by Gasteiger charge is 2.23. The molecule has 4 rings (SSSR count). The Labute approximate surface area is 169 Å². The number of carbonyl (C=O) groups is 1. The average Bonchev–Trinajstić information content (AvgIpc) is 3.51. The molecule has 1 aromatic heterocycles. The Hall–Kier alpha value is -2.73. The molecule has 1 N–H and O–H groups in total. The minimum Gasteiger partial charge on any atom is -0.353 e. The van der Waals surface area contributed by atoms with Crippen LogP contribution in [0.15, 0.2) is 53.7 Å². The number of rotatable bonds is 6. The van der Waals surface area contributed by atoms with Crippen LogP contribution in [0.3, 0.4) is 0 Å². The molecule has 5 nitrogen and oxygen atoms in total. The standard InChI is InChI=1S/C22H22N4OS/c1-14-3-7-16(8-4-14)20-21(17-9-5-15(2)6-10-17)25-26-22(24-20)28-13-19(27)23-18-11-12-18/h3-10,18H,11-13H2,1-2H3,(H,23,27). The van der Waals surface area contributed by atoms with E-state index in [9.17, 15) is 4.79 Å². The van der Waals surface area contributed by atoms with E-state index in [0.717, 1.165) is 35.4 Å². The molecule has 0 unspecified atom stereocenters. The molecule has 0 aliphatic heterocycles. The Morgan fingerprint density at radius 3 is 2.07 bits per heavy atom. The summed E-state index contributed by atoms with van der Waals surface area (Å²) in [6.45, 7) is 4.11. The molecule has 142 valence electrons. The molecule has 1 saturated carbocycles. The van der Waals surface area contributed by atoms with Gasteiger partial charge in [-0.25, -0.2) is 4.98 Å². The van der Waals surface area contributed by atoms with E-state index < -0.39 is 0 Å². The molecule has 1 aliphatic rings. The number of amides is 1. The first-order valence-corrected chi connectivity index (χ1v) is 10.4. The maximum atomic E-state index is 12.0. The molecule has 28 heavy (non-hydrogen) atoms. The van der Waals surface area contributed by atoms with Gasteiger partial charge >= 0.3 is 0 Å². The normalized spacial score (nSPS) is 13.4. The number of benzene rings is 2. The third-order valence-electron chi connectivity index (χ3n) is 4.59. The number of hydrogen-bond donors (Lipinski definition) is 1. The van der Waals surface area contributed by atoms with Crippen LogP contribution in [0.2, 0.25) is 0 Å². The van der Waals surface area contributed by atoms with E-state index >= 15 is 0 Å². The molecule has 6 heteroatoms. The quantitative estimate of drug-likeness (QED) is 0.639. The van der Waals surface area contributed by atoms with Gasteiger partial charge in [0.2, 0.25) is 11.1 Å². The van der Waals surface area contributed by atoms with Crippen molar-refractivity contribution >= 4 is 17.7 Å². The first-order valence-electron chi connectivity index (χ1n) is 9.39. The molecule has 1 aliphatic carbocycles. The van der Waals surface area contributed by atoms with Crippen LogP contribution in [0.1, 0.15) is 24.0 Å². The molecule has 0 atom stereocenters. The number of thioether (sulfide) groups is 1. The highest BCUT2D eigenvalue weighted by molar-refractivity contribution is 7.99. The van der Waals surface area contributed by atoms with Gasteiger partial charge in [0, 0.05) is 17.2 Å². The van der Waals surface area contributed by atoms with Gasteiger partial charge in [-0.05, 0) is 26.7 Å². The summed E-state index contributed by atoms with van der Waals surface area (Å²) < 4.78 is 0. The predicted molar refractivity (Wildman–Crippen MR) is 112 cm³/mol. The first kappa shape index (κ1) is 18.6. The van der Waals surface area contributed by atoms with Gasteiger partial charge in [-0.2, -0.15) is 0 Å². The van der Waals surface area contributed by atoms with Crippen molar-refractivity contribution in [1.82, 2.24) is 20.5 Å². The summed E-state index contributed by atoms with van der Waals surface area (Å²) in [5.41, 5.74) is 5.87. The fourth-order valence-corrected chi connectivity index (χ4v) is 3.42.